The summed E-state index contributed by atoms with van der Waals surface area (Å²) in [6.07, 6.45) is 3.09. The Bertz CT molecular complexity index is 1010. The summed E-state index contributed by atoms with van der Waals surface area (Å²) in [4.78, 5) is 44.9. The van der Waals surface area contributed by atoms with E-state index in [0.29, 0.717) is 38.3 Å². The average molecular weight is 415 g/mol. The first-order valence-electron chi connectivity index (χ1n) is 10.7. The number of aromatic nitrogens is 3. The van der Waals surface area contributed by atoms with Gasteiger partial charge in [0.1, 0.15) is 6.61 Å². The number of fused-ring (bicyclic) bond motifs is 1. The maximum atomic E-state index is 12.5. The maximum absolute atomic E-state index is 12.5. The molecule has 2 aromatic heterocycles. The van der Waals surface area contributed by atoms with Crippen molar-refractivity contribution in [1.29, 1.82) is 0 Å². The van der Waals surface area contributed by atoms with Crippen molar-refractivity contribution < 1.29 is 14.3 Å². The number of amides is 2. The number of nitrogens with one attached hydrogen (secondary N) is 1. The smallest absolute Gasteiger partial charge is 0.272 e. The predicted molar refractivity (Wildman–Crippen MR) is 110 cm³/mol. The molecule has 1 atom stereocenters. The van der Waals surface area contributed by atoms with Crippen LogP contribution in [0, 0.1) is 6.92 Å². The highest BCUT2D eigenvalue weighted by molar-refractivity contribution is 5.78. The highest BCUT2D eigenvalue weighted by Gasteiger charge is 2.29. The molecule has 9 nitrogen and oxygen atoms in total. The first kappa shape index (κ1) is 20.6. The van der Waals surface area contributed by atoms with Gasteiger partial charge in [-0.2, -0.15) is 0 Å². The summed E-state index contributed by atoms with van der Waals surface area (Å²) in [6, 6.07) is 1.57. The standard InChI is InChI=1S/C21H29N5O4/c1-3-16-14(2)23-26-19(28)11-17(22-21(16)26)15-6-8-25(12-15)20(29)13-30-10-9-24-7-4-5-18(24)27/h11,15,23H,3-10,12-13H2,1-2H3. The summed E-state index contributed by atoms with van der Waals surface area (Å²) < 4.78 is 7.01. The number of rotatable bonds is 7. The molecule has 1 N–H and O–H groups in total. The van der Waals surface area contributed by atoms with Crippen molar-refractivity contribution in [3.05, 3.63) is 33.4 Å². The number of carbonyl (C=O) groups is 2. The maximum Gasteiger partial charge on any atom is 0.272 e. The van der Waals surface area contributed by atoms with Crippen LogP contribution >= 0.6 is 0 Å². The highest BCUT2D eigenvalue weighted by atomic mass is 16.5. The molecular formula is C21H29N5O4. The molecule has 2 amide bonds. The number of hydrogen-bond donors (Lipinski definition) is 1. The molecule has 0 spiro atoms. The van der Waals surface area contributed by atoms with Gasteiger partial charge in [0.15, 0.2) is 5.65 Å². The lowest BCUT2D eigenvalue weighted by Crippen LogP contribution is -2.34. The number of carbonyl (C=O) groups excluding carboxylic acids is 2. The van der Waals surface area contributed by atoms with E-state index in [1.807, 2.05) is 13.8 Å². The minimum Gasteiger partial charge on any atom is -0.370 e. The van der Waals surface area contributed by atoms with Crippen LogP contribution in [0.3, 0.4) is 0 Å². The number of aromatic amines is 1. The molecule has 0 saturated carbocycles. The zero-order chi connectivity index (χ0) is 21.3. The van der Waals surface area contributed by atoms with Gasteiger partial charge in [0, 0.05) is 55.8 Å². The SMILES string of the molecule is CCc1c(C)[nH]n2c(=O)cc(C3CCN(C(=O)COCCN4CCCC4=O)C3)nc12. The monoisotopic (exact) mass is 415 g/mol. The zero-order valence-corrected chi connectivity index (χ0v) is 17.6. The molecule has 4 heterocycles. The molecule has 162 valence electrons. The molecule has 9 heteroatoms. The van der Waals surface area contributed by atoms with E-state index < -0.39 is 0 Å². The number of ether oxygens (including phenoxy) is 1. The number of nitrogens with zero attached hydrogens (tertiary/aromatic N) is 4. The number of H-pyrrole nitrogens is 1. The van der Waals surface area contributed by atoms with E-state index in [4.69, 9.17) is 9.72 Å². The summed E-state index contributed by atoms with van der Waals surface area (Å²) in [7, 11) is 0. The van der Waals surface area contributed by atoms with Crippen molar-refractivity contribution in [3.8, 4) is 0 Å². The number of likely N-dealkylation sites (tertiary alicyclic amines) is 2. The summed E-state index contributed by atoms with van der Waals surface area (Å²) in [5.41, 5.74) is 3.31. The van der Waals surface area contributed by atoms with Crippen LogP contribution in [0.1, 0.15) is 49.1 Å². The molecule has 2 fully saturated rings. The normalized spacial score (nSPS) is 19.4. The molecule has 2 saturated heterocycles. The molecule has 2 aromatic rings. The molecule has 0 radical (unpaired) electrons. The van der Waals surface area contributed by atoms with E-state index in [1.165, 1.54) is 4.52 Å². The Hall–Kier alpha value is -2.68. The molecule has 2 aliphatic rings. The summed E-state index contributed by atoms with van der Waals surface area (Å²) in [5.74, 6) is 0.153. The van der Waals surface area contributed by atoms with Gasteiger partial charge in [-0.3, -0.25) is 19.5 Å². The van der Waals surface area contributed by atoms with E-state index in [0.717, 1.165) is 42.8 Å². The van der Waals surface area contributed by atoms with Gasteiger partial charge in [0.2, 0.25) is 11.8 Å². The molecular weight excluding hydrogens is 386 g/mol. The first-order chi connectivity index (χ1) is 14.5. The molecule has 1 unspecified atom stereocenters. The Kier molecular flexibility index (Phi) is 5.90. The number of aryl methyl sites for hydroxylation is 2. The van der Waals surface area contributed by atoms with Gasteiger partial charge < -0.3 is 14.5 Å². The van der Waals surface area contributed by atoms with Gasteiger partial charge in [-0.1, -0.05) is 6.92 Å². The van der Waals surface area contributed by atoms with Crippen molar-refractivity contribution in [2.24, 2.45) is 0 Å². The first-order valence-corrected chi connectivity index (χ1v) is 10.7. The second kappa shape index (κ2) is 8.59. The lowest BCUT2D eigenvalue weighted by atomic mass is 10.0. The molecule has 0 aromatic carbocycles. The Labute approximate surface area is 175 Å². The third-order valence-corrected chi connectivity index (χ3v) is 6.16. The number of hydrogen-bond acceptors (Lipinski definition) is 5. The van der Waals surface area contributed by atoms with E-state index >= 15 is 0 Å². The second-order valence-electron chi connectivity index (χ2n) is 8.11. The Balaban J connectivity index is 1.34. The van der Waals surface area contributed by atoms with E-state index in [1.54, 1.807) is 15.9 Å². The van der Waals surface area contributed by atoms with Gasteiger partial charge >= 0.3 is 0 Å². The van der Waals surface area contributed by atoms with Crippen molar-refractivity contribution in [1.82, 2.24) is 24.4 Å². The van der Waals surface area contributed by atoms with Crippen LogP contribution in [0.15, 0.2) is 10.9 Å². The molecule has 0 bridgehead atoms. The van der Waals surface area contributed by atoms with Crippen molar-refractivity contribution >= 4 is 17.5 Å². The minimum atomic E-state index is -0.123. The predicted octanol–water partition coefficient (Wildman–Crippen LogP) is 0.848. The van der Waals surface area contributed by atoms with E-state index in [9.17, 15) is 14.4 Å². The van der Waals surface area contributed by atoms with Gasteiger partial charge in [-0.25, -0.2) is 9.50 Å². The van der Waals surface area contributed by atoms with Crippen LogP contribution in [0.4, 0.5) is 0 Å². The van der Waals surface area contributed by atoms with Crippen LogP contribution < -0.4 is 5.56 Å². The van der Waals surface area contributed by atoms with Gasteiger partial charge in [-0.15, -0.1) is 0 Å². The molecule has 2 aliphatic heterocycles. The quantitative estimate of drug-likeness (QED) is 0.676. The third kappa shape index (κ3) is 3.98. The van der Waals surface area contributed by atoms with Crippen LogP contribution in [0.5, 0.6) is 0 Å². The van der Waals surface area contributed by atoms with E-state index in [-0.39, 0.29) is 29.9 Å². The zero-order valence-electron chi connectivity index (χ0n) is 17.6. The van der Waals surface area contributed by atoms with Crippen LogP contribution in [-0.2, 0) is 20.7 Å². The summed E-state index contributed by atoms with van der Waals surface area (Å²) in [5, 5.41) is 3.08. The average Bonchev–Trinajstić information content (AvgIpc) is 3.44. The van der Waals surface area contributed by atoms with Gasteiger partial charge in [0.05, 0.1) is 12.3 Å². The Morgan fingerprint density at radius 3 is 2.90 bits per heavy atom. The van der Waals surface area contributed by atoms with Crippen molar-refractivity contribution in [2.75, 3.05) is 39.4 Å². The Morgan fingerprint density at radius 1 is 1.33 bits per heavy atom. The summed E-state index contributed by atoms with van der Waals surface area (Å²) >= 11 is 0. The molecule has 30 heavy (non-hydrogen) atoms. The minimum absolute atomic E-state index is 0.0147. The second-order valence-corrected chi connectivity index (χ2v) is 8.11. The fraction of sp³-hybridized carbons (Fsp3) is 0.619. The fourth-order valence-electron chi connectivity index (χ4n) is 4.44. The van der Waals surface area contributed by atoms with Crippen LogP contribution in [-0.4, -0.2) is 75.6 Å². The van der Waals surface area contributed by atoms with Crippen LogP contribution in [0.25, 0.3) is 5.65 Å². The van der Waals surface area contributed by atoms with Crippen molar-refractivity contribution in [3.63, 3.8) is 0 Å². The molecule has 0 aliphatic carbocycles. The largest absolute Gasteiger partial charge is 0.370 e. The van der Waals surface area contributed by atoms with Gasteiger partial charge in [0.25, 0.3) is 5.56 Å². The van der Waals surface area contributed by atoms with E-state index in [2.05, 4.69) is 5.10 Å². The third-order valence-electron chi connectivity index (χ3n) is 6.16. The molecule has 4 rings (SSSR count). The lowest BCUT2D eigenvalue weighted by Gasteiger charge is -2.18. The Morgan fingerprint density at radius 2 is 2.17 bits per heavy atom. The fourth-order valence-corrected chi connectivity index (χ4v) is 4.44. The van der Waals surface area contributed by atoms with Gasteiger partial charge in [-0.05, 0) is 26.2 Å². The summed E-state index contributed by atoms with van der Waals surface area (Å²) in [6.45, 7) is 6.87. The lowest BCUT2D eigenvalue weighted by molar-refractivity contribution is -0.135. The van der Waals surface area contributed by atoms with Crippen molar-refractivity contribution in [2.45, 2.75) is 45.4 Å². The topological polar surface area (TPSA) is 100 Å². The highest BCUT2D eigenvalue weighted by Crippen LogP contribution is 2.26. The van der Waals surface area contributed by atoms with Crippen LogP contribution in [0.2, 0.25) is 0 Å².